The number of ketones is 1. The van der Waals surface area contributed by atoms with Crippen LogP contribution in [0.4, 0.5) is 0 Å². The number of Topliss-reactive ketones (excluding diaryl/α,β-unsaturated/α-hetero) is 1. The van der Waals surface area contributed by atoms with Crippen LogP contribution in [0.3, 0.4) is 0 Å². The molecule has 2 aliphatic carbocycles. The molecule has 4 fully saturated rings. The lowest BCUT2D eigenvalue weighted by atomic mass is 9.50. The summed E-state index contributed by atoms with van der Waals surface area (Å²) in [5, 5.41) is 61.2. The van der Waals surface area contributed by atoms with E-state index in [2.05, 4.69) is 0 Å². The van der Waals surface area contributed by atoms with Crippen LogP contribution in [-0.2, 0) is 28.5 Å². The molecule has 5 aliphatic rings. The smallest absolute Gasteiger partial charge is 0.335 e. The lowest BCUT2D eigenvalue weighted by Gasteiger charge is -2.58. The quantitative estimate of drug-likeness (QED) is 0.228. The lowest BCUT2D eigenvalue weighted by Crippen LogP contribution is -2.70. The number of aliphatic hydroxyl groups excluding tert-OH is 5. The van der Waals surface area contributed by atoms with E-state index in [1.807, 2.05) is 0 Å². The third kappa shape index (κ3) is 2.72. The monoisotopic (exact) mass is 472 g/mol. The molecule has 12 heteroatoms. The zero-order chi connectivity index (χ0) is 24.1. The lowest BCUT2D eigenvalue weighted by molar-refractivity contribution is -0.312. The number of carboxylic acids is 1. The van der Waals surface area contributed by atoms with Crippen LogP contribution < -0.4 is 0 Å². The SMILES string of the molecule is CC1=CC2OC3C(OC4OC(C(=O)O)C(O)C(O)C4O)CC(C)(C34CO4)C2(CO)C(O)C1=O. The molecule has 3 saturated heterocycles. The molecule has 0 aromatic heterocycles. The first-order valence-corrected chi connectivity index (χ1v) is 10.8. The molecular weight excluding hydrogens is 444 g/mol. The predicted molar refractivity (Wildman–Crippen MR) is 104 cm³/mol. The van der Waals surface area contributed by atoms with Gasteiger partial charge >= 0.3 is 5.97 Å². The van der Waals surface area contributed by atoms with E-state index in [9.17, 15) is 40.2 Å². The van der Waals surface area contributed by atoms with Crippen molar-refractivity contribution in [2.24, 2.45) is 10.8 Å². The summed E-state index contributed by atoms with van der Waals surface area (Å²) >= 11 is 0. The number of rotatable bonds is 4. The topological polar surface area (TPSA) is 196 Å². The maximum Gasteiger partial charge on any atom is 0.335 e. The molecule has 0 amide bonds. The number of epoxide rings is 1. The van der Waals surface area contributed by atoms with Crippen molar-refractivity contribution < 1.29 is 59.2 Å². The van der Waals surface area contributed by atoms with Crippen molar-refractivity contribution in [2.45, 2.75) is 81.0 Å². The predicted octanol–water partition coefficient (Wildman–Crippen LogP) is -2.92. The van der Waals surface area contributed by atoms with E-state index in [1.165, 1.54) is 0 Å². The Kier molecular flexibility index (Phi) is 5.12. The minimum atomic E-state index is -1.86. The van der Waals surface area contributed by atoms with E-state index in [1.54, 1.807) is 19.9 Å². The fraction of sp³-hybridized carbons (Fsp3) is 0.810. The zero-order valence-corrected chi connectivity index (χ0v) is 18.0. The molecule has 0 radical (unpaired) electrons. The molecule has 6 N–H and O–H groups in total. The van der Waals surface area contributed by atoms with Gasteiger partial charge in [0.05, 0.1) is 30.8 Å². The molecule has 33 heavy (non-hydrogen) atoms. The first-order chi connectivity index (χ1) is 15.4. The van der Waals surface area contributed by atoms with Crippen molar-refractivity contribution >= 4 is 11.8 Å². The number of carboxylic acid groups (broad SMARTS) is 1. The number of hydrogen-bond donors (Lipinski definition) is 6. The van der Waals surface area contributed by atoms with Crippen molar-refractivity contribution in [3.8, 4) is 0 Å². The summed E-state index contributed by atoms with van der Waals surface area (Å²) in [7, 11) is 0. The Morgan fingerprint density at radius 1 is 1.18 bits per heavy atom. The van der Waals surface area contributed by atoms with Crippen molar-refractivity contribution in [3.63, 3.8) is 0 Å². The maximum absolute atomic E-state index is 12.7. The number of hydrogen-bond acceptors (Lipinski definition) is 11. The highest BCUT2D eigenvalue weighted by Crippen LogP contribution is 2.71. The van der Waals surface area contributed by atoms with Gasteiger partial charge in [-0.3, -0.25) is 4.79 Å². The fourth-order valence-electron chi connectivity index (χ4n) is 6.44. The summed E-state index contributed by atoms with van der Waals surface area (Å²) in [6, 6.07) is 0. The van der Waals surface area contributed by atoms with Gasteiger partial charge in [-0.1, -0.05) is 6.92 Å². The van der Waals surface area contributed by atoms with Gasteiger partial charge in [0.25, 0.3) is 0 Å². The Hall–Kier alpha value is -1.48. The zero-order valence-electron chi connectivity index (χ0n) is 18.0. The Labute approximate surface area is 188 Å². The molecule has 3 heterocycles. The van der Waals surface area contributed by atoms with Gasteiger partial charge < -0.3 is 49.6 Å². The highest BCUT2D eigenvalue weighted by Gasteiger charge is 2.83. The molecule has 12 unspecified atom stereocenters. The number of carbonyl (C=O) groups excluding carboxylic acids is 1. The van der Waals surface area contributed by atoms with Gasteiger partial charge in [0, 0.05) is 5.41 Å². The minimum Gasteiger partial charge on any atom is -0.479 e. The Bertz CT molecular complexity index is 900. The number of aliphatic carboxylic acids is 1. The standard InChI is InChI=1S/C21H28O12/c1-7-3-9-20(5-22,15(27)10(7)23)19(2)4-8(16(32-9)21(19)6-30-21)31-18-13(26)11(24)12(25)14(33-18)17(28)29/h3,8-9,11-16,18,22,24-27H,4-6H2,1-2H3,(H,28,29). The van der Waals surface area contributed by atoms with Crippen molar-refractivity contribution in [3.05, 3.63) is 11.6 Å². The van der Waals surface area contributed by atoms with Gasteiger partial charge in [-0.25, -0.2) is 4.79 Å². The van der Waals surface area contributed by atoms with Gasteiger partial charge in [0.2, 0.25) is 0 Å². The molecule has 1 saturated carbocycles. The average Bonchev–Trinajstić information content (AvgIpc) is 3.54. The Morgan fingerprint density at radius 3 is 2.42 bits per heavy atom. The first-order valence-electron chi connectivity index (χ1n) is 10.8. The molecule has 12 nitrogen and oxygen atoms in total. The highest BCUT2D eigenvalue weighted by atomic mass is 16.7. The number of ether oxygens (including phenoxy) is 4. The Morgan fingerprint density at radius 2 is 1.85 bits per heavy atom. The summed E-state index contributed by atoms with van der Waals surface area (Å²) in [5.41, 5.74) is -3.10. The van der Waals surface area contributed by atoms with E-state index in [-0.39, 0.29) is 13.0 Å². The van der Waals surface area contributed by atoms with Gasteiger partial charge in [0.15, 0.2) is 18.2 Å². The van der Waals surface area contributed by atoms with Crippen LogP contribution in [0.25, 0.3) is 0 Å². The third-order valence-corrected chi connectivity index (χ3v) is 8.53. The second kappa shape index (κ2) is 7.26. The highest BCUT2D eigenvalue weighted by molar-refractivity contribution is 6.00. The second-order valence-corrected chi connectivity index (χ2v) is 9.92. The summed E-state index contributed by atoms with van der Waals surface area (Å²) in [5.74, 6) is -2.05. The van der Waals surface area contributed by atoms with Crippen LogP contribution in [-0.4, -0.2) is 116 Å². The van der Waals surface area contributed by atoms with E-state index in [0.29, 0.717) is 5.57 Å². The van der Waals surface area contributed by atoms with Gasteiger partial charge in [-0.05, 0) is 25.0 Å². The molecule has 0 aromatic rings. The maximum atomic E-state index is 12.7. The fourth-order valence-corrected chi connectivity index (χ4v) is 6.44. The molecule has 2 bridgehead atoms. The molecule has 5 rings (SSSR count). The van der Waals surface area contributed by atoms with E-state index in [0.717, 1.165) is 0 Å². The molecular formula is C21H28O12. The number of carbonyl (C=O) groups is 2. The largest absolute Gasteiger partial charge is 0.479 e. The van der Waals surface area contributed by atoms with E-state index < -0.39 is 89.9 Å². The van der Waals surface area contributed by atoms with Crippen molar-refractivity contribution in [1.82, 2.24) is 0 Å². The molecule has 184 valence electrons. The first kappa shape index (κ1) is 23.3. The summed E-state index contributed by atoms with van der Waals surface area (Å²) in [4.78, 5) is 24.1. The third-order valence-electron chi connectivity index (χ3n) is 8.53. The number of fused-ring (bicyclic) bond motifs is 2. The van der Waals surface area contributed by atoms with E-state index >= 15 is 0 Å². The van der Waals surface area contributed by atoms with Crippen molar-refractivity contribution in [1.29, 1.82) is 0 Å². The Balaban J connectivity index is 1.49. The van der Waals surface area contributed by atoms with Crippen LogP contribution in [0.1, 0.15) is 20.3 Å². The molecule has 3 aliphatic heterocycles. The molecule has 12 atom stereocenters. The van der Waals surface area contributed by atoms with Crippen LogP contribution in [0.15, 0.2) is 11.6 Å². The van der Waals surface area contributed by atoms with Crippen LogP contribution in [0.5, 0.6) is 0 Å². The van der Waals surface area contributed by atoms with Crippen molar-refractivity contribution in [2.75, 3.05) is 13.2 Å². The number of aliphatic hydroxyl groups is 5. The van der Waals surface area contributed by atoms with Gasteiger partial charge in [-0.2, -0.15) is 0 Å². The van der Waals surface area contributed by atoms with Crippen LogP contribution in [0, 0.1) is 10.8 Å². The van der Waals surface area contributed by atoms with Gasteiger partial charge in [-0.15, -0.1) is 0 Å². The molecule has 1 spiro atoms. The average molecular weight is 472 g/mol. The minimum absolute atomic E-state index is 0.120. The molecule has 0 aromatic carbocycles. The summed E-state index contributed by atoms with van der Waals surface area (Å²) in [6.07, 6.45) is -11.2. The normalized spacial score (nSPS) is 55.3. The second-order valence-electron chi connectivity index (χ2n) is 9.92. The summed E-state index contributed by atoms with van der Waals surface area (Å²) in [6.45, 7) is 2.99. The summed E-state index contributed by atoms with van der Waals surface area (Å²) < 4.78 is 23.2. The van der Waals surface area contributed by atoms with Crippen LogP contribution in [0.2, 0.25) is 0 Å². The van der Waals surface area contributed by atoms with Crippen LogP contribution >= 0.6 is 0 Å². The van der Waals surface area contributed by atoms with Gasteiger partial charge in [0.1, 0.15) is 36.1 Å². The van der Waals surface area contributed by atoms with E-state index in [4.69, 9.17) is 18.9 Å².